The van der Waals surface area contributed by atoms with E-state index in [4.69, 9.17) is 11.6 Å². The molecule has 0 aliphatic heterocycles. The first-order valence-corrected chi connectivity index (χ1v) is 10.3. The molecule has 14 heteroatoms. The maximum absolute atomic E-state index is 13.1. The molecule has 0 aliphatic rings. The molecule has 0 saturated carbocycles. The van der Waals surface area contributed by atoms with Gasteiger partial charge in [-0.15, -0.1) is 13.2 Å². The number of rotatable bonds is 6. The molecule has 170 valence electrons. The highest BCUT2D eigenvalue weighted by molar-refractivity contribution is 7.92. The number of benzene rings is 2. The van der Waals surface area contributed by atoms with Crippen molar-refractivity contribution in [2.24, 2.45) is 0 Å². The van der Waals surface area contributed by atoms with Gasteiger partial charge in [-0.25, -0.2) is 8.42 Å². The number of hydrogen-bond acceptors (Lipinski definition) is 4. The molecule has 31 heavy (non-hydrogen) atoms. The number of anilines is 2. The molecule has 0 fully saturated rings. The summed E-state index contributed by atoms with van der Waals surface area (Å²) in [6.45, 7) is -0.904. The summed E-state index contributed by atoms with van der Waals surface area (Å²) < 4.78 is 104. The minimum atomic E-state index is -4.91. The summed E-state index contributed by atoms with van der Waals surface area (Å²) >= 11 is 5.52. The Balaban J connectivity index is 2.22. The highest BCUT2D eigenvalue weighted by Gasteiger charge is 2.35. The number of halogens is 7. The van der Waals surface area contributed by atoms with E-state index in [0.717, 1.165) is 36.4 Å². The van der Waals surface area contributed by atoms with Crippen LogP contribution >= 0.6 is 11.6 Å². The fraction of sp³-hybridized carbons (Fsp3) is 0.235. The maximum atomic E-state index is 13.1. The van der Waals surface area contributed by atoms with Crippen molar-refractivity contribution in [3.8, 4) is 5.75 Å². The van der Waals surface area contributed by atoms with Crippen molar-refractivity contribution in [2.45, 2.75) is 12.5 Å². The standard InChI is InChI=1S/C17H13ClF6N2O4S/c1-31(28,29)26(11-4-7-14(18)13(8-11)16(19,20)21)9-15(27)25-10-2-5-12(6-3-10)30-17(22,23)24/h2-8H,9H2,1H3,(H,25,27). The Morgan fingerprint density at radius 2 is 1.65 bits per heavy atom. The fourth-order valence-corrected chi connectivity index (χ4v) is 3.43. The molecule has 6 nitrogen and oxygen atoms in total. The highest BCUT2D eigenvalue weighted by atomic mass is 35.5. The molecule has 1 N–H and O–H groups in total. The SMILES string of the molecule is CS(=O)(=O)N(CC(=O)Nc1ccc(OC(F)(F)F)cc1)c1ccc(Cl)c(C(F)(F)F)c1. The Bertz CT molecular complexity index is 1060. The van der Waals surface area contributed by atoms with Crippen molar-refractivity contribution in [3.05, 3.63) is 53.1 Å². The van der Waals surface area contributed by atoms with Crippen LogP contribution in [0.5, 0.6) is 5.75 Å². The van der Waals surface area contributed by atoms with E-state index in [1.165, 1.54) is 0 Å². The van der Waals surface area contributed by atoms with Gasteiger partial charge in [0.15, 0.2) is 0 Å². The molecular weight excluding hydrogens is 478 g/mol. The summed E-state index contributed by atoms with van der Waals surface area (Å²) in [7, 11) is -4.19. The molecule has 0 atom stereocenters. The molecule has 0 aliphatic carbocycles. The lowest BCUT2D eigenvalue weighted by atomic mass is 10.2. The number of carbonyl (C=O) groups excluding carboxylic acids is 1. The molecule has 0 bridgehead atoms. The number of sulfonamides is 1. The summed E-state index contributed by atoms with van der Waals surface area (Å²) in [6, 6.07) is 6.27. The van der Waals surface area contributed by atoms with Gasteiger partial charge in [-0.2, -0.15) is 13.2 Å². The zero-order valence-corrected chi connectivity index (χ0v) is 17.0. The topological polar surface area (TPSA) is 75.7 Å². The third-order valence-electron chi connectivity index (χ3n) is 3.60. The molecule has 0 radical (unpaired) electrons. The van der Waals surface area contributed by atoms with Gasteiger partial charge >= 0.3 is 12.5 Å². The molecule has 0 saturated heterocycles. The predicted molar refractivity (Wildman–Crippen MR) is 100 cm³/mol. The first-order valence-electron chi connectivity index (χ1n) is 8.06. The van der Waals surface area contributed by atoms with E-state index in [9.17, 15) is 39.6 Å². The molecule has 0 aromatic heterocycles. The van der Waals surface area contributed by atoms with Gasteiger partial charge < -0.3 is 10.1 Å². The second-order valence-corrected chi connectivity index (χ2v) is 8.37. The van der Waals surface area contributed by atoms with Crippen molar-refractivity contribution in [3.63, 3.8) is 0 Å². The number of ether oxygens (including phenoxy) is 1. The van der Waals surface area contributed by atoms with Crippen LogP contribution in [0.1, 0.15) is 5.56 Å². The van der Waals surface area contributed by atoms with Gasteiger partial charge in [0.1, 0.15) is 12.3 Å². The Kier molecular flexibility index (Phi) is 7.00. The van der Waals surface area contributed by atoms with Gasteiger partial charge in [0.05, 0.1) is 22.5 Å². The van der Waals surface area contributed by atoms with Crippen LogP contribution in [0.2, 0.25) is 5.02 Å². The van der Waals surface area contributed by atoms with Gasteiger partial charge in [0.2, 0.25) is 15.9 Å². The van der Waals surface area contributed by atoms with Crippen molar-refractivity contribution in [1.82, 2.24) is 0 Å². The number of alkyl halides is 6. The summed E-state index contributed by atoms with van der Waals surface area (Å²) in [5.74, 6) is -1.51. The summed E-state index contributed by atoms with van der Waals surface area (Å²) in [4.78, 5) is 12.2. The third kappa shape index (κ3) is 7.21. The Hall–Kier alpha value is -2.67. The molecular formula is C17H13ClF6N2O4S. The lowest BCUT2D eigenvalue weighted by molar-refractivity contribution is -0.274. The van der Waals surface area contributed by atoms with Crippen LogP contribution < -0.4 is 14.4 Å². The number of nitrogens with one attached hydrogen (secondary N) is 1. The van der Waals surface area contributed by atoms with Gasteiger partial charge in [-0.1, -0.05) is 11.6 Å². The van der Waals surface area contributed by atoms with E-state index >= 15 is 0 Å². The van der Waals surface area contributed by atoms with Gasteiger partial charge in [-0.05, 0) is 42.5 Å². The third-order valence-corrected chi connectivity index (χ3v) is 5.07. The molecule has 0 heterocycles. The summed E-state index contributed by atoms with van der Waals surface area (Å²) in [6.07, 6.45) is -9.08. The van der Waals surface area contributed by atoms with E-state index in [1.807, 2.05) is 0 Å². The number of carbonyl (C=O) groups is 1. The first-order chi connectivity index (χ1) is 14.1. The van der Waals surface area contributed by atoms with Crippen LogP contribution in [0.15, 0.2) is 42.5 Å². The number of amides is 1. The maximum Gasteiger partial charge on any atom is 0.573 e. The van der Waals surface area contributed by atoms with Gasteiger partial charge in [0.25, 0.3) is 0 Å². The van der Waals surface area contributed by atoms with E-state index in [-0.39, 0.29) is 5.69 Å². The first kappa shape index (κ1) is 24.6. The minimum Gasteiger partial charge on any atom is -0.406 e. The second kappa shape index (κ2) is 8.83. The van der Waals surface area contributed by atoms with Crippen LogP contribution in [-0.2, 0) is 21.0 Å². The lowest BCUT2D eigenvalue weighted by Gasteiger charge is -2.23. The Morgan fingerprint density at radius 3 is 2.13 bits per heavy atom. The van der Waals surface area contributed by atoms with Gasteiger partial charge in [0, 0.05) is 5.69 Å². The van der Waals surface area contributed by atoms with Crippen molar-refractivity contribution in [2.75, 3.05) is 22.4 Å². The average molecular weight is 491 g/mol. The smallest absolute Gasteiger partial charge is 0.406 e. The molecule has 0 spiro atoms. The highest BCUT2D eigenvalue weighted by Crippen LogP contribution is 2.37. The number of nitrogens with zero attached hydrogens (tertiary/aromatic N) is 1. The Labute approximate surface area is 177 Å². The zero-order chi connectivity index (χ0) is 23.6. The minimum absolute atomic E-state index is 0.0000576. The quantitative estimate of drug-likeness (QED) is 0.598. The largest absolute Gasteiger partial charge is 0.573 e. The van der Waals surface area contributed by atoms with Crippen molar-refractivity contribution < 1.29 is 44.3 Å². The van der Waals surface area contributed by atoms with Crippen LogP contribution in [-0.4, -0.2) is 33.5 Å². The number of hydrogen-bond donors (Lipinski definition) is 1. The average Bonchev–Trinajstić information content (AvgIpc) is 2.59. The van der Waals surface area contributed by atoms with Crippen molar-refractivity contribution >= 4 is 38.9 Å². The predicted octanol–water partition coefficient (Wildman–Crippen LogP) is 4.66. The van der Waals surface area contributed by atoms with Crippen LogP contribution in [0.3, 0.4) is 0 Å². The van der Waals surface area contributed by atoms with Gasteiger partial charge in [-0.3, -0.25) is 9.10 Å². The summed E-state index contributed by atoms with van der Waals surface area (Å²) in [5, 5.41) is 1.57. The van der Waals surface area contributed by atoms with E-state index < -0.39 is 57.0 Å². The fourth-order valence-electron chi connectivity index (χ4n) is 2.36. The molecule has 2 aromatic rings. The van der Waals surface area contributed by atoms with Crippen LogP contribution in [0.4, 0.5) is 37.7 Å². The Morgan fingerprint density at radius 1 is 1.06 bits per heavy atom. The van der Waals surface area contributed by atoms with Crippen LogP contribution in [0, 0.1) is 0 Å². The second-order valence-electron chi connectivity index (χ2n) is 6.05. The lowest BCUT2D eigenvalue weighted by Crippen LogP contribution is -2.37. The molecule has 1 amide bonds. The molecule has 0 unspecified atom stereocenters. The molecule has 2 rings (SSSR count). The monoisotopic (exact) mass is 490 g/mol. The zero-order valence-electron chi connectivity index (χ0n) is 15.4. The normalized spacial score (nSPS) is 12.4. The van der Waals surface area contributed by atoms with Crippen molar-refractivity contribution in [1.29, 1.82) is 0 Å². The van der Waals surface area contributed by atoms with Crippen LogP contribution in [0.25, 0.3) is 0 Å². The van der Waals surface area contributed by atoms with E-state index in [0.29, 0.717) is 16.6 Å². The van der Waals surface area contributed by atoms with E-state index in [1.54, 1.807) is 0 Å². The van der Waals surface area contributed by atoms with E-state index in [2.05, 4.69) is 10.1 Å². The molecule has 2 aromatic carbocycles. The summed E-state index contributed by atoms with van der Waals surface area (Å²) in [5.41, 5.74) is -1.75.